The van der Waals surface area contributed by atoms with Crippen molar-refractivity contribution >= 4 is 17.5 Å². The van der Waals surface area contributed by atoms with Gasteiger partial charge in [0.2, 0.25) is 12.4 Å². The Morgan fingerprint density at radius 1 is 1.26 bits per heavy atom. The zero-order chi connectivity index (χ0) is 20.8. The van der Waals surface area contributed by atoms with Crippen molar-refractivity contribution in [2.75, 3.05) is 7.11 Å². The number of hydrogen-bond donors (Lipinski definition) is 1. The van der Waals surface area contributed by atoms with Crippen molar-refractivity contribution in [3.05, 3.63) is 42.7 Å². The molecule has 2 heterocycles. The predicted octanol–water partition coefficient (Wildman–Crippen LogP) is 3.30. The van der Waals surface area contributed by atoms with Crippen LogP contribution in [0.25, 0.3) is 10.6 Å². The number of rotatable bonds is 4. The molecule has 0 radical (unpaired) electrons. The molecule has 0 aromatic carbocycles. The summed E-state index contributed by atoms with van der Waals surface area (Å²) in [6, 6.07) is 2.98. The molecule has 0 atom stereocenters. The van der Waals surface area contributed by atoms with E-state index in [0.29, 0.717) is 17.1 Å². The van der Waals surface area contributed by atoms with Gasteiger partial charge in [-0.15, -0.1) is 0 Å². The molecule has 13 heteroatoms. The van der Waals surface area contributed by atoms with Crippen LogP contribution in [0.3, 0.4) is 0 Å². The molecule has 0 fully saturated rings. The van der Waals surface area contributed by atoms with Gasteiger partial charge in [-0.05, 0) is 11.5 Å². The van der Waals surface area contributed by atoms with Crippen LogP contribution in [-0.4, -0.2) is 33.7 Å². The summed E-state index contributed by atoms with van der Waals surface area (Å²) in [6.45, 7) is 2.38. The van der Waals surface area contributed by atoms with Crippen LogP contribution in [0.1, 0.15) is 5.82 Å². The molecule has 0 aliphatic rings. The maximum absolute atomic E-state index is 12.3. The molecule has 0 saturated heterocycles. The third-order valence-corrected chi connectivity index (χ3v) is 3.46. The molecule has 0 amide bonds. The number of hydrogen-bond acceptors (Lipinski definition) is 5. The standard InChI is InChI=1S/C10H6F3N3O2S.C4H5F3O/c11-10(12,13)9-14-8(19-15-9)6-1-3-16(4-2-6)5-7(17)18;1-3(8-2)4(5,6)7/h1-4H,5H2;1H2,2H3/p+1. The van der Waals surface area contributed by atoms with E-state index in [1.54, 1.807) is 0 Å². The van der Waals surface area contributed by atoms with Gasteiger partial charge in [-0.2, -0.15) is 35.3 Å². The summed E-state index contributed by atoms with van der Waals surface area (Å²) in [5.74, 6) is -3.35. The van der Waals surface area contributed by atoms with E-state index in [1.165, 1.54) is 29.1 Å². The van der Waals surface area contributed by atoms with E-state index in [9.17, 15) is 31.1 Å². The fourth-order valence-electron chi connectivity index (χ4n) is 1.43. The number of aromatic nitrogens is 3. The zero-order valence-corrected chi connectivity index (χ0v) is 14.3. The smallest absolute Gasteiger partial charge is 0.452 e. The lowest BCUT2D eigenvalue weighted by atomic mass is 10.3. The van der Waals surface area contributed by atoms with Gasteiger partial charge in [0.1, 0.15) is 5.01 Å². The Balaban J connectivity index is 0.000000387. The Kier molecular flexibility index (Phi) is 7.28. The van der Waals surface area contributed by atoms with Crippen LogP contribution < -0.4 is 4.57 Å². The second kappa shape index (κ2) is 8.79. The first-order valence-corrected chi connectivity index (χ1v) is 7.54. The van der Waals surface area contributed by atoms with Gasteiger partial charge in [0, 0.05) is 17.7 Å². The molecule has 0 bridgehead atoms. The molecule has 0 aliphatic heterocycles. The summed E-state index contributed by atoms with van der Waals surface area (Å²) in [5.41, 5.74) is 0.453. The van der Waals surface area contributed by atoms with E-state index in [-0.39, 0.29) is 11.6 Å². The third-order valence-electron chi connectivity index (χ3n) is 2.70. The van der Waals surface area contributed by atoms with Crippen molar-refractivity contribution < 1.29 is 45.5 Å². The summed E-state index contributed by atoms with van der Waals surface area (Å²) >= 11 is 0.643. The minimum atomic E-state index is -4.56. The Labute approximate surface area is 152 Å². The number of nitrogens with zero attached hydrogens (tertiary/aromatic N) is 3. The minimum Gasteiger partial charge on any atom is -0.493 e. The largest absolute Gasteiger partial charge is 0.493 e. The van der Waals surface area contributed by atoms with Crippen molar-refractivity contribution in [2.45, 2.75) is 18.9 Å². The van der Waals surface area contributed by atoms with Gasteiger partial charge < -0.3 is 9.84 Å². The van der Waals surface area contributed by atoms with Crippen LogP contribution in [0.2, 0.25) is 0 Å². The first-order valence-electron chi connectivity index (χ1n) is 6.77. The number of aliphatic carboxylic acids is 1. The Morgan fingerprint density at radius 3 is 2.15 bits per heavy atom. The van der Waals surface area contributed by atoms with Crippen molar-refractivity contribution in [3.63, 3.8) is 0 Å². The van der Waals surface area contributed by atoms with Crippen LogP contribution in [-0.2, 0) is 22.3 Å². The molecular formula is C14H12F6N3O3S+. The highest BCUT2D eigenvalue weighted by Crippen LogP contribution is 2.30. The van der Waals surface area contributed by atoms with E-state index >= 15 is 0 Å². The molecule has 0 spiro atoms. The highest BCUT2D eigenvalue weighted by molar-refractivity contribution is 7.09. The van der Waals surface area contributed by atoms with E-state index < -0.39 is 29.9 Å². The average Bonchev–Trinajstić information content (AvgIpc) is 3.04. The molecule has 27 heavy (non-hydrogen) atoms. The molecule has 2 rings (SSSR count). The van der Waals surface area contributed by atoms with Gasteiger partial charge in [-0.3, -0.25) is 0 Å². The second-order valence-electron chi connectivity index (χ2n) is 4.70. The number of allylic oxidation sites excluding steroid dienone is 1. The first-order chi connectivity index (χ1) is 12.3. The molecule has 2 aromatic rings. The van der Waals surface area contributed by atoms with Crippen LogP contribution >= 0.6 is 11.5 Å². The molecular weight excluding hydrogens is 404 g/mol. The van der Waals surface area contributed by atoms with E-state index in [2.05, 4.69) is 20.7 Å². The number of halogens is 6. The predicted molar refractivity (Wildman–Crippen MR) is 80.4 cm³/mol. The summed E-state index contributed by atoms with van der Waals surface area (Å²) in [7, 11) is 0.926. The number of carboxylic acids is 1. The van der Waals surface area contributed by atoms with Gasteiger partial charge in [0.25, 0.3) is 0 Å². The van der Waals surface area contributed by atoms with Crippen molar-refractivity contribution in [2.24, 2.45) is 0 Å². The molecule has 1 N–H and O–H groups in total. The highest BCUT2D eigenvalue weighted by atomic mass is 32.1. The molecule has 148 valence electrons. The number of pyridine rings is 1. The minimum absolute atomic E-state index is 0.134. The summed E-state index contributed by atoms with van der Waals surface area (Å²) in [4.78, 5) is 13.9. The fraction of sp³-hybridized carbons (Fsp3) is 0.286. The van der Waals surface area contributed by atoms with Gasteiger partial charge >= 0.3 is 18.3 Å². The lowest BCUT2D eigenvalue weighted by Crippen LogP contribution is -2.36. The third kappa shape index (κ3) is 7.21. The SMILES string of the molecule is C=C(OC)C(F)(F)F.O=C(O)C[n+]1ccc(-c2nc(C(F)(F)F)ns2)cc1. The van der Waals surface area contributed by atoms with E-state index in [4.69, 9.17) is 5.11 Å². The van der Waals surface area contributed by atoms with Gasteiger partial charge in [-0.25, -0.2) is 9.78 Å². The normalized spacial score (nSPS) is 11.4. The number of methoxy groups -OCH3 is 1. The molecule has 2 aromatic heterocycles. The number of ether oxygens (including phenoxy) is 1. The van der Waals surface area contributed by atoms with Crippen molar-refractivity contribution in [3.8, 4) is 10.6 Å². The topological polar surface area (TPSA) is 76.2 Å². The van der Waals surface area contributed by atoms with Crippen LogP contribution in [0.5, 0.6) is 0 Å². The second-order valence-corrected chi connectivity index (χ2v) is 5.45. The summed E-state index contributed by atoms with van der Waals surface area (Å²) in [5, 5.41) is 8.71. The summed E-state index contributed by atoms with van der Waals surface area (Å²) in [6.07, 6.45) is -6.06. The summed E-state index contributed by atoms with van der Waals surface area (Å²) < 4.78 is 79.1. The number of alkyl halides is 6. The van der Waals surface area contributed by atoms with Gasteiger partial charge in [0.05, 0.1) is 7.11 Å². The van der Waals surface area contributed by atoms with Crippen molar-refractivity contribution in [1.29, 1.82) is 0 Å². The van der Waals surface area contributed by atoms with Crippen LogP contribution in [0, 0.1) is 0 Å². The van der Waals surface area contributed by atoms with Crippen LogP contribution in [0.15, 0.2) is 36.9 Å². The molecule has 0 aliphatic carbocycles. The number of carbonyl (C=O) groups is 1. The lowest BCUT2D eigenvalue weighted by Gasteiger charge is -2.06. The maximum atomic E-state index is 12.3. The fourth-order valence-corrected chi connectivity index (χ4v) is 2.12. The molecule has 0 unspecified atom stereocenters. The first kappa shape index (κ1) is 22.3. The quantitative estimate of drug-likeness (QED) is 0.470. The van der Waals surface area contributed by atoms with Crippen LogP contribution in [0.4, 0.5) is 26.3 Å². The van der Waals surface area contributed by atoms with Crippen molar-refractivity contribution in [1.82, 2.24) is 9.36 Å². The number of carboxylic acid groups (broad SMARTS) is 1. The molecule has 6 nitrogen and oxygen atoms in total. The van der Waals surface area contributed by atoms with E-state index in [0.717, 1.165) is 7.11 Å². The zero-order valence-electron chi connectivity index (χ0n) is 13.5. The van der Waals surface area contributed by atoms with E-state index in [1.807, 2.05) is 0 Å². The highest BCUT2D eigenvalue weighted by Gasteiger charge is 2.36. The maximum Gasteiger partial charge on any atom is 0.452 e. The Morgan fingerprint density at radius 2 is 1.81 bits per heavy atom. The monoisotopic (exact) mass is 416 g/mol. The average molecular weight is 416 g/mol. The molecule has 0 saturated carbocycles. The Bertz CT molecular complexity index is 787. The van der Waals surface area contributed by atoms with Gasteiger partial charge in [-0.1, -0.05) is 6.58 Å². The Hall–Kier alpha value is -2.70. The van der Waals surface area contributed by atoms with Gasteiger partial charge in [0.15, 0.2) is 18.2 Å². The lowest BCUT2D eigenvalue weighted by molar-refractivity contribution is -0.685.